The van der Waals surface area contributed by atoms with Gasteiger partial charge in [-0.05, 0) is 32.1 Å². The smallest absolute Gasteiger partial charge is 0.222 e. The van der Waals surface area contributed by atoms with Crippen LogP contribution in [0.2, 0.25) is 0 Å². The van der Waals surface area contributed by atoms with Crippen molar-refractivity contribution in [3.05, 3.63) is 12.2 Å². The average molecular weight is 279 g/mol. The number of carbonyl (C=O) groups excluding carboxylic acids is 1. The van der Waals surface area contributed by atoms with Crippen LogP contribution in [0.25, 0.3) is 0 Å². The molecular weight excluding hydrogens is 246 g/mol. The summed E-state index contributed by atoms with van der Waals surface area (Å²) in [5, 5.41) is 0. The predicted octanol–water partition coefficient (Wildman–Crippen LogP) is 5.09. The maximum atomic E-state index is 11.4. The van der Waals surface area contributed by atoms with Gasteiger partial charge < -0.3 is 4.90 Å². The molecule has 0 aromatic carbocycles. The van der Waals surface area contributed by atoms with Crippen LogP contribution in [0.1, 0.15) is 84.0 Å². The van der Waals surface area contributed by atoms with Crippen LogP contribution in [0.5, 0.6) is 0 Å². The molecule has 2 heteroatoms. The van der Waals surface area contributed by atoms with E-state index < -0.39 is 0 Å². The Morgan fingerprint density at radius 3 is 2.20 bits per heavy atom. The van der Waals surface area contributed by atoms with E-state index >= 15 is 0 Å². The second-order valence-electron chi connectivity index (χ2n) is 5.98. The van der Waals surface area contributed by atoms with Gasteiger partial charge in [0.05, 0.1) is 0 Å². The van der Waals surface area contributed by atoms with Gasteiger partial charge >= 0.3 is 0 Å². The number of nitrogens with zero attached hydrogens (tertiary/aromatic N) is 1. The first-order valence-corrected chi connectivity index (χ1v) is 8.77. The molecule has 1 fully saturated rings. The SMILES string of the molecule is CCC=CCCCCCCCCCCN1CCCC1=O. The van der Waals surface area contributed by atoms with E-state index in [1.807, 2.05) is 4.90 Å². The molecule has 20 heavy (non-hydrogen) atoms. The molecule has 0 spiro atoms. The molecule has 1 rings (SSSR count). The van der Waals surface area contributed by atoms with Crippen LogP contribution in [0.15, 0.2) is 12.2 Å². The van der Waals surface area contributed by atoms with Crippen LogP contribution in [0, 0.1) is 0 Å². The first kappa shape index (κ1) is 17.3. The molecule has 0 radical (unpaired) electrons. The third-order valence-electron chi connectivity index (χ3n) is 4.12. The molecule has 0 bridgehead atoms. The van der Waals surface area contributed by atoms with E-state index in [0.29, 0.717) is 5.91 Å². The lowest BCUT2D eigenvalue weighted by Gasteiger charge is -2.14. The minimum Gasteiger partial charge on any atom is -0.343 e. The van der Waals surface area contributed by atoms with Gasteiger partial charge in [0.1, 0.15) is 0 Å². The number of amides is 1. The second-order valence-corrected chi connectivity index (χ2v) is 5.98. The summed E-state index contributed by atoms with van der Waals surface area (Å²) in [7, 11) is 0. The summed E-state index contributed by atoms with van der Waals surface area (Å²) in [6.45, 7) is 4.20. The number of rotatable bonds is 12. The fourth-order valence-electron chi connectivity index (χ4n) is 2.85. The minimum atomic E-state index is 0.377. The fraction of sp³-hybridized carbons (Fsp3) is 0.833. The summed E-state index contributed by atoms with van der Waals surface area (Å²) in [5.74, 6) is 0.377. The van der Waals surface area contributed by atoms with Gasteiger partial charge in [-0.25, -0.2) is 0 Å². The highest BCUT2D eigenvalue weighted by molar-refractivity contribution is 5.77. The highest BCUT2D eigenvalue weighted by atomic mass is 16.2. The lowest BCUT2D eigenvalue weighted by Crippen LogP contribution is -2.25. The molecule has 1 saturated heterocycles. The Bertz CT molecular complexity index is 273. The molecule has 1 heterocycles. The monoisotopic (exact) mass is 279 g/mol. The number of allylic oxidation sites excluding steroid dienone is 2. The molecule has 2 nitrogen and oxygen atoms in total. The number of unbranched alkanes of at least 4 members (excludes halogenated alkanes) is 8. The third kappa shape index (κ3) is 8.39. The molecule has 1 aliphatic rings. The van der Waals surface area contributed by atoms with Crippen LogP contribution in [-0.2, 0) is 4.79 Å². The zero-order chi connectivity index (χ0) is 14.5. The Morgan fingerprint density at radius 2 is 1.60 bits per heavy atom. The van der Waals surface area contributed by atoms with E-state index in [0.717, 1.165) is 25.9 Å². The summed E-state index contributed by atoms with van der Waals surface area (Å²) in [5.41, 5.74) is 0. The van der Waals surface area contributed by atoms with Crippen LogP contribution < -0.4 is 0 Å². The minimum absolute atomic E-state index is 0.377. The zero-order valence-electron chi connectivity index (χ0n) is 13.4. The van der Waals surface area contributed by atoms with Gasteiger partial charge in [0.2, 0.25) is 5.91 Å². The van der Waals surface area contributed by atoms with E-state index in [1.165, 1.54) is 64.2 Å². The van der Waals surface area contributed by atoms with E-state index in [2.05, 4.69) is 19.1 Å². The van der Waals surface area contributed by atoms with E-state index in [9.17, 15) is 4.79 Å². The lowest BCUT2D eigenvalue weighted by atomic mass is 10.1. The van der Waals surface area contributed by atoms with Crippen molar-refractivity contribution >= 4 is 5.91 Å². The van der Waals surface area contributed by atoms with Crippen molar-refractivity contribution in [2.75, 3.05) is 13.1 Å². The average Bonchev–Trinajstić information content (AvgIpc) is 2.85. The van der Waals surface area contributed by atoms with Gasteiger partial charge in [-0.2, -0.15) is 0 Å². The Hall–Kier alpha value is -0.790. The maximum Gasteiger partial charge on any atom is 0.222 e. The highest BCUT2D eigenvalue weighted by Gasteiger charge is 2.18. The van der Waals surface area contributed by atoms with Crippen LogP contribution >= 0.6 is 0 Å². The Kier molecular flexibility index (Phi) is 10.3. The topological polar surface area (TPSA) is 20.3 Å². The van der Waals surface area contributed by atoms with E-state index in [4.69, 9.17) is 0 Å². The van der Waals surface area contributed by atoms with Crippen LogP contribution in [0.3, 0.4) is 0 Å². The largest absolute Gasteiger partial charge is 0.343 e. The Labute approximate surface area is 125 Å². The van der Waals surface area contributed by atoms with E-state index in [-0.39, 0.29) is 0 Å². The van der Waals surface area contributed by atoms with Gasteiger partial charge in [-0.3, -0.25) is 4.79 Å². The summed E-state index contributed by atoms with van der Waals surface area (Å²) < 4.78 is 0. The van der Waals surface area contributed by atoms with Crippen molar-refractivity contribution in [1.29, 1.82) is 0 Å². The molecule has 0 aromatic heterocycles. The molecule has 0 N–H and O–H groups in total. The number of hydrogen-bond acceptors (Lipinski definition) is 1. The summed E-state index contributed by atoms with van der Waals surface area (Å²) in [4.78, 5) is 13.5. The van der Waals surface area contributed by atoms with Crippen molar-refractivity contribution in [1.82, 2.24) is 4.90 Å². The number of likely N-dealkylation sites (tertiary alicyclic amines) is 1. The molecule has 0 unspecified atom stereocenters. The standard InChI is InChI=1S/C18H33NO/c1-2-3-4-5-6-7-8-9-10-11-12-13-16-19-17-14-15-18(19)20/h3-4H,2,5-17H2,1H3. The molecule has 0 atom stereocenters. The van der Waals surface area contributed by atoms with Crippen molar-refractivity contribution in [3.63, 3.8) is 0 Å². The molecular formula is C18H33NO. The molecule has 0 aromatic rings. The second kappa shape index (κ2) is 12.0. The molecule has 116 valence electrons. The van der Waals surface area contributed by atoms with Crippen LogP contribution in [-0.4, -0.2) is 23.9 Å². The fourth-order valence-corrected chi connectivity index (χ4v) is 2.85. The van der Waals surface area contributed by atoms with Gasteiger partial charge in [0.15, 0.2) is 0 Å². The van der Waals surface area contributed by atoms with Crippen LogP contribution in [0.4, 0.5) is 0 Å². The number of hydrogen-bond donors (Lipinski definition) is 0. The molecule has 0 aliphatic carbocycles. The summed E-state index contributed by atoms with van der Waals surface area (Å²) in [6.07, 6.45) is 19.6. The highest BCUT2D eigenvalue weighted by Crippen LogP contribution is 2.13. The predicted molar refractivity (Wildman–Crippen MR) is 86.8 cm³/mol. The zero-order valence-corrected chi connectivity index (χ0v) is 13.4. The van der Waals surface area contributed by atoms with Gasteiger partial charge in [0, 0.05) is 19.5 Å². The van der Waals surface area contributed by atoms with Gasteiger partial charge in [-0.15, -0.1) is 0 Å². The maximum absolute atomic E-state index is 11.4. The van der Waals surface area contributed by atoms with Crippen molar-refractivity contribution < 1.29 is 4.79 Å². The first-order chi connectivity index (χ1) is 9.84. The molecule has 0 saturated carbocycles. The first-order valence-electron chi connectivity index (χ1n) is 8.77. The summed E-state index contributed by atoms with van der Waals surface area (Å²) >= 11 is 0. The van der Waals surface area contributed by atoms with Crippen molar-refractivity contribution in [2.45, 2.75) is 84.0 Å². The van der Waals surface area contributed by atoms with Crippen molar-refractivity contribution in [3.8, 4) is 0 Å². The normalized spacial score (nSPS) is 15.7. The number of carbonyl (C=O) groups is 1. The Morgan fingerprint density at radius 1 is 0.950 bits per heavy atom. The van der Waals surface area contributed by atoms with Gasteiger partial charge in [0.25, 0.3) is 0 Å². The summed E-state index contributed by atoms with van der Waals surface area (Å²) in [6, 6.07) is 0. The van der Waals surface area contributed by atoms with Crippen molar-refractivity contribution in [2.24, 2.45) is 0 Å². The Balaban J connectivity index is 1.76. The van der Waals surface area contributed by atoms with Gasteiger partial charge in [-0.1, -0.05) is 57.6 Å². The molecule has 1 amide bonds. The molecule has 1 aliphatic heterocycles. The lowest BCUT2D eigenvalue weighted by molar-refractivity contribution is -0.127. The third-order valence-corrected chi connectivity index (χ3v) is 4.12. The van der Waals surface area contributed by atoms with E-state index in [1.54, 1.807) is 0 Å². The quantitative estimate of drug-likeness (QED) is 0.360.